The van der Waals surface area contributed by atoms with E-state index in [4.69, 9.17) is 5.73 Å². The van der Waals surface area contributed by atoms with Crippen LogP contribution in [0.3, 0.4) is 0 Å². The summed E-state index contributed by atoms with van der Waals surface area (Å²) in [6.45, 7) is 8.86. The summed E-state index contributed by atoms with van der Waals surface area (Å²) in [5.41, 5.74) is 10.5. The Morgan fingerprint density at radius 1 is 0.833 bits per heavy atom. The molecule has 2 N–H and O–H groups in total. The second kappa shape index (κ2) is 12.8. The zero-order chi connectivity index (χ0) is 17.1. The molecule has 0 bridgehead atoms. The lowest BCUT2D eigenvalue weighted by molar-refractivity contribution is 0.418. The van der Waals surface area contributed by atoms with Gasteiger partial charge in [0.2, 0.25) is 0 Å². The van der Waals surface area contributed by atoms with E-state index in [2.05, 4.69) is 45.9 Å². The molecule has 1 unspecified atom stereocenters. The number of hydrogen-bond donors (Lipinski definition) is 1. The number of unbranched alkanes of at least 4 members (excludes halogenated alkanes) is 9. The van der Waals surface area contributed by atoms with E-state index in [-0.39, 0.29) is 17.9 Å². The molecular weight excluding hydrogens is 314 g/mol. The smallest absolute Gasteiger partial charge is 0.0383 e. The molecule has 0 heterocycles. The van der Waals surface area contributed by atoms with Crippen LogP contribution in [0.1, 0.15) is 101 Å². The third kappa shape index (κ3) is 8.53. The predicted octanol–water partition coefficient (Wildman–Crippen LogP) is 7.21. The van der Waals surface area contributed by atoms with Crippen molar-refractivity contribution in [2.75, 3.05) is 0 Å². The highest BCUT2D eigenvalue weighted by Gasteiger charge is 2.22. The Kier molecular flexibility index (Phi) is 12.5. The van der Waals surface area contributed by atoms with Crippen molar-refractivity contribution in [3.8, 4) is 0 Å². The van der Waals surface area contributed by atoms with Crippen molar-refractivity contribution in [3.63, 3.8) is 0 Å². The predicted molar refractivity (Wildman–Crippen MR) is 111 cm³/mol. The van der Waals surface area contributed by atoms with Crippen LogP contribution in [0.2, 0.25) is 0 Å². The van der Waals surface area contributed by atoms with E-state index in [0.717, 1.165) is 6.42 Å². The molecule has 1 atom stereocenters. The maximum atomic E-state index is 6.62. The van der Waals surface area contributed by atoms with Gasteiger partial charge in [-0.25, -0.2) is 0 Å². The van der Waals surface area contributed by atoms with E-state index in [1.165, 1.54) is 80.9 Å². The zero-order valence-corrected chi connectivity index (χ0v) is 17.3. The van der Waals surface area contributed by atoms with Crippen LogP contribution >= 0.6 is 12.4 Å². The fraction of sp³-hybridized carbons (Fsp3) is 0.727. The SMILES string of the molecule is CCCCCCCCCCCCC(C)(N)c1cccc(C)c1C.Cl. The van der Waals surface area contributed by atoms with Crippen LogP contribution in [0.15, 0.2) is 18.2 Å². The van der Waals surface area contributed by atoms with Crippen molar-refractivity contribution in [2.24, 2.45) is 5.73 Å². The van der Waals surface area contributed by atoms with Gasteiger partial charge in [-0.3, -0.25) is 0 Å². The van der Waals surface area contributed by atoms with Crippen LogP contribution < -0.4 is 5.73 Å². The van der Waals surface area contributed by atoms with Crippen LogP contribution in [0.5, 0.6) is 0 Å². The van der Waals surface area contributed by atoms with E-state index in [9.17, 15) is 0 Å². The zero-order valence-electron chi connectivity index (χ0n) is 16.5. The highest BCUT2D eigenvalue weighted by Crippen LogP contribution is 2.28. The van der Waals surface area contributed by atoms with Crippen molar-refractivity contribution in [1.29, 1.82) is 0 Å². The second-order valence-electron chi connectivity index (χ2n) is 7.60. The van der Waals surface area contributed by atoms with E-state index in [1.807, 2.05) is 0 Å². The summed E-state index contributed by atoms with van der Waals surface area (Å²) >= 11 is 0. The molecule has 0 radical (unpaired) electrons. The first-order valence-electron chi connectivity index (χ1n) is 9.84. The Morgan fingerprint density at radius 2 is 1.33 bits per heavy atom. The lowest BCUT2D eigenvalue weighted by Crippen LogP contribution is -2.33. The van der Waals surface area contributed by atoms with Gasteiger partial charge in [-0.2, -0.15) is 0 Å². The molecule has 1 nitrogen and oxygen atoms in total. The van der Waals surface area contributed by atoms with Crippen LogP contribution in [0, 0.1) is 13.8 Å². The molecular formula is C22H40ClN. The molecule has 0 saturated carbocycles. The van der Waals surface area contributed by atoms with Gasteiger partial charge >= 0.3 is 0 Å². The summed E-state index contributed by atoms with van der Waals surface area (Å²) < 4.78 is 0. The van der Waals surface area contributed by atoms with E-state index in [1.54, 1.807) is 0 Å². The Labute approximate surface area is 157 Å². The van der Waals surface area contributed by atoms with Crippen molar-refractivity contribution in [3.05, 3.63) is 34.9 Å². The highest BCUT2D eigenvalue weighted by molar-refractivity contribution is 5.85. The maximum absolute atomic E-state index is 6.62. The van der Waals surface area contributed by atoms with Crippen LogP contribution in [-0.2, 0) is 5.54 Å². The van der Waals surface area contributed by atoms with Gasteiger partial charge in [-0.05, 0) is 43.9 Å². The molecule has 24 heavy (non-hydrogen) atoms. The normalized spacial score (nSPS) is 13.4. The van der Waals surface area contributed by atoms with E-state index >= 15 is 0 Å². The van der Waals surface area contributed by atoms with E-state index in [0.29, 0.717) is 0 Å². The molecule has 0 amide bonds. The minimum Gasteiger partial charge on any atom is -0.322 e. The fourth-order valence-corrected chi connectivity index (χ4v) is 3.48. The molecule has 0 aliphatic heterocycles. The monoisotopic (exact) mass is 353 g/mol. The highest BCUT2D eigenvalue weighted by atomic mass is 35.5. The van der Waals surface area contributed by atoms with Gasteiger partial charge in [0, 0.05) is 5.54 Å². The number of rotatable bonds is 12. The van der Waals surface area contributed by atoms with Gasteiger partial charge in [0.15, 0.2) is 0 Å². The average Bonchev–Trinajstić information content (AvgIpc) is 2.51. The van der Waals surface area contributed by atoms with Crippen LogP contribution in [-0.4, -0.2) is 0 Å². The summed E-state index contributed by atoms with van der Waals surface area (Å²) in [7, 11) is 0. The fourth-order valence-electron chi connectivity index (χ4n) is 3.48. The Hall–Kier alpha value is -0.530. The van der Waals surface area contributed by atoms with Gasteiger partial charge in [-0.15, -0.1) is 12.4 Å². The molecule has 0 saturated heterocycles. The molecule has 1 aromatic rings. The number of aryl methyl sites for hydroxylation is 1. The number of hydrogen-bond acceptors (Lipinski definition) is 1. The summed E-state index contributed by atoms with van der Waals surface area (Å²) in [5.74, 6) is 0. The number of nitrogens with two attached hydrogens (primary N) is 1. The number of benzene rings is 1. The molecule has 0 aromatic heterocycles. The lowest BCUT2D eigenvalue weighted by atomic mass is 9.83. The van der Waals surface area contributed by atoms with E-state index < -0.39 is 0 Å². The topological polar surface area (TPSA) is 26.0 Å². The first-order chi connectivity index (χ1) is 11.0. The molecule has 0 aliphatic carbocycles. The quantitative estimate of drug-likeness (QED) is 0.394. The molecule has 1 rings (SSSR count). The first kappa shape index (κ1) is 23.5. The first-order valence-corrected chi connectivity index (χ1v) is 9.84. The summed E-state index contributed by atoms with van der Waals surface area (Å²) in [4.78, 5) is 0. The third-order valence-corrected chi connectivity index (χ3v) is 5.27. The van der Waals surface area contributed by atoms with Gasteiger partial charge in [0.05, 0.1) is 0 Å². The minimum atomic E-state index is -0.184. The molecule has 2 heteroatoms. The van der Waals surface area contributed by atoms with Gasteiger partial charge in [0.25, 0.3) is 0 Å². The second-order valence-corrected chi connectivity index (χ2v) is 7.60. The van der Waals surface area contributed by atoms with Crippen LogP contribution in [0.25, 0.3) is 0 Å². The molecule has 0 spiro atoms. The van der Waals surface area contributed by atoms with Gasteiger partial charge < -0.3 is 5.73 Å². The number of halogens is 1. The molecule has 0 fully saturated rings. The maximum Gasteiger partial charge on any atom is 0.0383 e. The standard InChI is InChI=1S/C22H39N.ClH/c1-5-6-7-8-9-10-11-12-13-14-18-22(4,23)21-17-15-16-19(2)20(21)3;/h15-17H,5-14,18,23H2,1-4H3;1H. The van der Waals surface area contributed by atoms with Crippen molar-refractivity contribution in [1.82, 2.24) is 0 Å². The summed E-state index contributed by atoms with van der Waals surface area (Å²) in [5, 5.41) is 0. The Morgan fingerprint density at radius 3 is 1.88 bits per heavy atom. The molecule has 140 valence electrons. The lowest BCUT2D eigenvalue weighted by Gasteiger charge is -2.28. The van der Waals surface area contributed by atoms with Crippen molar-refractivity contribution < 1.29 is 0 Å². The third-order valence-electron chi connectivity index (χ3n) is 5.27. The average molecular weight is 354 g/mol. The Bertz CT molecular complexity index is 440. The van der Waals surface area contributed by atoms with Gasteiger partial charge in [0.1, 0.15) is 0 Å². The summed E-state index contributed by atoms with van der Waals surface area (Å²) in [6, 6.07) is 6.52. The van der Waals surface area contributed by atoms with Gasteiger partial charge in [-0.1, -0.05) is 89.3 Å². The largest absolute Gasteiger partial charge is 0.322 e. The van der Waals surface area contributed by atoms with Crippen molar-refractivity contribution >= 4 is 12.4 Å². The van der Waals surface area contributed by atoms with Crippen molar-refractivity contribution in [2.45, 2.75) is 104 Å². The molecule has 0 aliphatic rings. The Balaban J connectivity index is 0.00000529. The van der Waals surface area contributed by atoms with Crippen LogP contribution in [0.4, 0.5) is 0 Å². The summed E-state index contributed by atoms with van der Waals surface area (Å²) in [6.07, 6.45) is 14.9. The minimum absolute atomic E-state index is 0. The molecule has 1 aromatic carbocycles.